The fourth-order valence-electron chi connectivity index (χ4n) is 4.06. The maximum absolute atomic E-state index is 6.18. The Morgan fingerprint density at radius 1 is 0.568 bits per heavy atom. The monoisotopic (exact) mass is 508 g/mol. The third kappa shape index (κ3) is 7.72. The van der Waals surface area contributed by atoms with Gasteiger partial charge in [-0.25, -0.2) is 0 Å². The first-order chi connectivity index (χ1) is 16.9. The van der Waals surface area contributed by atoms with Crippen LogP contribution in [0.15, 0.2) is 54.6 Å². The van der Waals surface area contributed by atoms with Crippen LogP contribution in [0.25, 0.3) is 0 Å². The molecule has 0 spiro atoms. The van der Waals surface area contributed by atoms with Crippen LogP contribution in [0, 0.1) is 5.41 Å². The topological polar surface area (TPSA) is 36.9 Å². The van der Waals surface area contributed by atoms with Gasteiger partial charge in [0.1, 0.15) is 0 Å². The molecule has 2 aliphatic heterocycles. The summed E-state index contributed by atoms with van der Waals surface area (Å²) in [5.74, 6) is 0. The van der Waals surface area contributed by atoms with E-state index in [0.717, 1.165) is 11.9 Å². The van der Waals surface area contributed by atoms with Crippen LogP contribution in [0.1, 0.15) is 95.6 Å². The Morgan fingerprint density at radius 3 is 1.38 bits per heavy atom. The standard InChI is InChI=1S/C17H27BO2.C12H17BO2.C2H6/c1-15(2,3)12-13-10-8-9-11-14(13)18-19-16(4,5)17(6,7)20-18;1-11(2)12(3,4)15-13(14-11)10-8-6-5-7-9-10;1-2/h8-11H,12H2,1-7H3;5-9H,1-4H3;1-2H3. The van der Waals surface area contributed by atoms with Crippen molar-refractivity contribution in [1.29, 1.82) is 0 Å². The predicted molar refractivity (Wildman–Crippen MR) is 159 cm³/mol. The number of hydrogen-bond donors (Lipinski definition) is 0. The summed E-state index contributed by atoms with van der Waals surface area (Å²) in [6.07, 6.45) is 1.02. The summed E-state index contributed by atoms with van der Waals surface area (Å²) in [7, 11) is -0.505. The van der Waals surface area contributed by atoms with E-state index >= 15 is 0 Å². The lowest BCUT2D eigenvalue weighted by Gasteiger charge is -2.32. The van der Waals surface area contributed by atoms with E-state index in [-0.39, 0.29) is 42.1 Å². The summed E-state index contributed by atoms with van der Waals surface area (Å²) in [4.78, 5) is 0. The van der Waals surface area contributed by atoms with Gasteiger partial charge >= 0.3 is 14.2 Å². The van der Waals surface area contributed by atoms with E-state index in [1.165, 1.54) is 11.0 Å². The summed E-state index contributed by atoms with van der Waals surface area (Å²) in [5.41, 5.74) is 2.73. The second-order valence-corrected chi connectivity index (χ2v) is 13.0. The van der Waals surface area contributed by atoms with Gasteiger partial charge in [0.2, 0.25) is 0 Å². The highest BCUT2D eigenvalue weighted by molar-refractivity contribution is 6.62. The van der Waals surface area contributed by atoms with Gasteiger partial charge in [-0.1, -0.05) is 89.2 Å². The third-order valence-electron chi connectivity index (χ3n) is 7.61. The Bertz CT molecular complexity index is 962. The van der Waals surface area contributed by atoms with Gasteiger partial charge in [-0.15, -0.1) is 0 Å². The zero-order valence-electron chi connectivity index (χ0n) is 25.7. The van der Waals surface area contributed by atoms with Crippen molar-refractivity contribution in [2.45, 2.75) is 119 Å². The molecule has 4 rings (SSSR count). The number of hydrogen-bond acceptors (Lipinski definition) is 4. The Morgan fingerprint density at radius 2 is 0.946 bits per heavy atom. The average Bonchev–Trinajstić information content (AvgIpc) is 3.15. The van der Waals surface area contributed by atoms with E-state index in [0.29, 0.717) is 0 Å². The molecule has 0 unspecified atom stereocenters. The predicted octanol–water partition coefficient (Wildman–Crippen LogP) is 6.59. The van der Waals surface area contributed by atoms with Crippen molar-refractivity contribution in [3.63, 3.8) is 0 Å². The minimum absolute atomic E-state index is 0.240. The van der Waals surface area contributed by atoms with Crippen molar-refractivity contribution >= 4 is 25.2 Å². The maximum Gasteiger partial charge on any atom is 0.495 e. The molecule has 2 aliphatic rings. The quantitative estimate of drug-likeness (QED) is 0.439. The van der Waals surface area contributed by atoms with Crippen molar-refractivity contribution in [1.82, 2.24) is 0 Å². The zero-order chi connectivity index (χ0) is 28.3. The molecule has 2 saturated heterocycles. The second kappa shape index (κ2) is 11.7. The second-order valence-electron chi connectivity index (χ2n) is 13.0. The van der Waals surface area contributed by atoms with Crippen LogP contribution in [0.5, 0.6) is 0 Å². The van der Waals surface area contributed by atoms with Crippen LogP contribution in [0.3, 0.4) is 0 Å². The molecule has 4 nitrogen and oxygen atoms in total. The molecule has 0 N–H and O–H groups in total. The molecule has 204 valence electrons. The van der Waals surface area contributed by atoms with Gasteiger partial charge in [0, 0.05) is 0 Å². The highest BCUT2D eigenvalue weighted by Crippen LogP contribution is 2.37. The lowest BCUT2D eigenvalue weighted by molar-refractivity contribution is 0.00578. The Balaban J connectivity index is 0.000000252. The van der Waals surface area contributed by atoms with Gasteiger partial charge in [-0.3, -0.25) is 0 Å². The SMILES string of the molecule is CC.CC(C)(C)Cc1ccccc1B1OC(C)(C)C(C)(C)O1.CC1(C)OB(c2ccccc2)OC1(C)C. The van der Waals surface area contributed by atoms with Gasteiger partial charge in [-0.2, -0.15) is 0 Å². The average molecular weight is 508 g/mol. The maximum atomic E-state index is 6.18. The molecule has 0 aromatic heterocycles. The van der Waals surface area contributed by atoms with Crippen LogP contribution in [0.4, 0.5) is 0 Å². The van der Waals surface area contributed by atoms with E-state index in [9.17, 15) is 0 Å². The van der Waals surface area contributed by atoms with Crippen LogP contribution >= 0.6 is 0 Å². The smallest absolute Gasteiger partial charge is 0.399 e. The molecule has 6 heteroatoms. The highest BCUT2D eigenvalue weighted by Gasteiger charge is 2.52. The summed E-state index contributed by atoms with van der Waals surface area (Å²) in [6, 6.07) is 18.5. The zero-order valence-corrected chi connectivity index (χ0v) is 25.7. The summed E-state index contributed by atoms with van der Waals surface area (Å²) in [5, 5.41) is 0. The normalized spacial score (nSPS) is 21.0. The molecular formula is C31H50B2O4. The summed E-state index contributed by atoms with van der Waals surface area (Å²) >= 11 is 0. The molecule has 0 bridgehead atoms. The Hall–Kier alpha value is -1.59. The van der Waals surface area contributed by atoms with E-state index in [1.807, 2.05) is 44.2 Å². The van der Waals surface area contributed by atoms with Crippen molar-refractivity contribution in [3.05, 3.63) is 60.2 Å². The molecule has 0 atom stereocenters. The minimum Gasteiger partial charge on any atom is -0.399 e. The lowest BCUT2D eigenvalue weighted by Crippen LogP contribution is -2.41. The largest absolute Gasteiger partial charge is 0.495 e. The van der Waals surface area contributed by atoms with Gasteiger partial charge in [-0.05, 0) is 83.7 Å². The van der Waals surface area contributed by atoms with E-state index in [2.05, 4.69) is 100 Å². The molecule has 2 heterocycles. The lowest BCUT2D eigenvalue weighted by atomic mass is 9.72. The van der Waals surface area contributed by atoms with Gasteiger partial charge in [0.15, 0.2) is 0 Å². The van der Waals surface area contributed by atoms with E-state index in [1.54, 1.807) is 0 Å². The van der Waals surface area contributed by atoms with E-state index in [4.69, 9.17) is 18.6 Å². The molecule has 0 amide bonds. The first-order valence-electron chi connectivity index (χ1n) is 13.8. The molecule has 0 aliphatic carbocycles. The molecule has 37 heavy (non-hydrogen) atoms. The summed E-state index contributed by atoms with van der Waals surface area (Å²) < 4.78 is 24.2. The fraction of sp³-hybridized carbons (Fsp3) is 0.613. The first-order valence-corrected chi connectivity index (χ1v) is 13.8. The Kier molecular flexibility index (Phi) is 9.96. The molecule has 2 aromatic rings. The van der Waals surface area contributed by atoms with Crippen molar-refractivity contribution < 1.29 is 18.6 Å². The molecule has 0 radical (unpaired) electrons. The summed E-state index contributed by atoms with van der Waals surface area (Å²) in [6.45, 7) is 27.4. The molecular weight excluding hydrogens is 458 g/mol. The van der Waals surface area contributed by atoms with Gasteiger partial charge in [0.05, 0.1) is 22.4 Å². The van der Waals surface area contributed by atoms with Crippen LogP contribution in [-0.4, -0.2) is 36.6 Å². The van der Waals surface area contributed by atoms with Crippen LogP contribution in [-0.2, 0) is 25.0 Å². The van der Waals surface area contributed by atoms with Crippen molar-refractivity contribution in [2.75, 3.05) is 0 Å². The Labute approximate surface area is 228 Å². The molecule has 2 aromatic carbocycles. The molecule has 2 fully saturated rings. The van der Waals surface area contributed by atoms with Crippen LogP contribution < -0.4 is 10.9 Å². The van der Waals surface area contributed by atoms with Gasteiger partial charge in [0.25, 0.3) is 0 Å². The third-order valence-corrected chi connectivity index (χ3v) is 7.61. The first kappa shape index (κ1) is 31.6. The van der Waals surface area contributed by atoms with Gasteiger partial charge < -0.3 is 18.6 Å². The molecule has 0 saturated carbocycles. The van der Waals surface area contributed by atoms with Crippen molar-refractivity contribution in [2.24, 2.45) is 5.41 Å². The van der Waals surface area contributed by atoms with E-state index < -0.39 is 0 Å². The van der Waals surface area contributed by atoms with Crippen LogP contribution in [0.2, 0.25) is 0 Å². The number of rotatable bonds is 3. The fourth-order valence-corrected chi connectivity index (χ4v) is 4.06. The van der Waals surface area contributed by atoms with Crippen molar-refractivity contribution in [3.8, 4) is 0 Å². The number of benzene rings is 2. The minimum atomic E-state index is -0.285. The highest BCUT2D eigenvalue weighted by atomic mass is 16.7.